The molecule has 0 heterocycles. The zero-order valence-corrected chi connectivity index (χ0v) is 17.3. The quantitative estimate of drug-likeness (QED) is 0.541. The maximum absolute atomic E-state index is 12.4. The summed E-state index contributed by atoms with van der Waals surface area (Å²) in [6.07, 6.45) is 2.93. The molecular formula is C18H19Cl2N3O3S. The molecule has 0 spiro atoms. The SMILES string of the molecule is COc1ccc(N(C(C)C(=O)N/N=C/c2ccc(Cl)cc2Cl)S(C)=O)cc1. The van der Waals surface area contributed by atoms with Crippen molar-refractivity contribution < 1.29 is 13.7 Å². The van der Waals surface area contributed by atoms with Crippen LogP contribution in [-0.4, -0.2) is 35.7 Å². The van der Waals surface area contributed by atoms with E-state index in [-0.39, 0.29) is 0 Å². The summed E-state index contributed by atoms with van der Waals surface area (Å²) in [5.74, 6) is 0.254. The number of hydrazone groups is 1. The number of amides is 1. The summed E-state index contributed by atoms with van der Waals surface area (Å²) >= 11 is 11.9. The van der Waals surface area contributed by atoms with E-state index in [9.17, 15) is 9.00 Å². The molecule has 0 radical (unpaired) electrons. The molecule has 2 aromatic carbocycles. The number of halogens is 2. The van der Waals surface area contributed by atoms with Gasteiger partial charge in [-0.3, -0.25) is 9.10 Å². The Morgan fingerprint density at radius 1 is 1.26 bits per heavy atom. The van der Waals surface area contributed by atoms with Crippen LogP contribution >= 0.6 is 23.2 Å². The molecule has 0 aromatic heterocycles. The average Bonchev–Trinajstić information content (AvgIpc) is 2.63. The molecule has 0 saturated carbocycles. The first-order valence-corrected chi connectivity index (χ1v) is 10.2. The van der Waals surface area contributed by atoms with Crippen LogP contribution in [0.3, 0.4) is 0 Å². The molecule has 1 N–H and O–H groups in total. The summed E-state index contributed by atoms with van der Waals surface area (Å²) in [5.41, 5.74) is 3.68. The molecule has 1 amide bonds. The molecule has 0 fully saturated rings. The van der Waals surface area contributed by atoms with E-state index in [0.717, 1.165) is 0 Å². The van der Waals surface area contributed by atoms with Gasteiger partial charge in [0, 0.05) is 16.8 Å². The lowest BCUT2D eigenvalue weighted by molar-refractivity contribution is -0.121. The van der Waals surface area contributed by atoms with Crippen LogP contribution in [0.15, 0.2) is 47.6 Å². The van der Waals surface area contributed by atoms with Crippen LogP contribution in [0.1, 0.15) is 12.5 Å². The predicted molar refractivity (Wildman–Crippen MR) is 111 cm³/mol. The normalized spacial score (nSPS) is 13.2. The largest absolute Gasteiger partial charge is 0.497 e. The number of carbonyl (C=O) groups excluding carboxylic acids is 1. The first-order valence-electron chi connectivity index (χ1n) is 7.88. The zero-order valence-electron chi connectivity index (χ0n) is 15.0. The molecule has 6 nitrogen and oxygen atoms in total. The molecule has 0 aliphatic carbocycles. The Labute approximate surface area is 170 Å². The predicted octanol–water partition coefficient (Wildman–Crippen LogP) is 3.64. The Bertz CT molecular complexity index is 859. The second kappa shape index (κ2) is 9.73. The van der Waals surface area contributed by atoms with Gasteiger partial charge >= 0.3 is 0 Å². The summed E-state index contributed by atoms with van der Waals surface area (Å²) in [6.45, 7) is 1.64. The third-order valence-corrected chi connectivity index (χ3v) is 5.32. The lowest BCUT2D eigenvalue weighted by Gasteiger charge is -2.27. The van der Waals surface area contributed by atoms with E-state index in [1.54, 1.807) is 56.5 Å². The van der Waals surface area contributed by atoms with Crippen molar-refractivity contribution in [1.29, 1.82) is 0 Å². The van der Waals surface area contributed by atoms with E-state index in [4.69, 9.17) is 27.9 Å². The number of anilines is 1. The molecule has 2 atom stereocenters. The van der Waals surface area contributed by atoms with Gasteiger partial charge in [0.1, 0.15) is 22.8 Å². The number of carbonyl (C=O) groups is 1. The summed E-state index contributed by atoms with van der Waals surface area (Å²) < 4.78 is 18.8. The standard InChI is InChI=1S/C18H19Cl2N3O3S/c1-12(23(27(3)25)15-6-8-16(26-2)9-7-15)18(24)22-21-11-13-4-5-14(19)10-17(13)20/h4-12H,1-3H3,(H,22,24)/b21-11+. The van der Waals surface area contributed by atoms with Crippen LogP contribution in [0.2, 0.25) is 10.0 Å². The van der Waals surface area contributed by atoms with Crippen molar-refractivity contribution >= 4 is 52.0 Å². The lowest BCUT2D eigenvalue weighted by Crippen LogP contribution is -2.44. The van der Waals surface area contributed by atoms with Gasteiger partial charge in [0.2, 0.25) is 0 Å². The molecule has 2 aromatic rings. The highest BCUT2D eigenvalue weighted by Gasteiger charge is 2.24. The van der Waals surface area contributed by atoms with Crippen molar-refractivity contribution in [2.75, 3.05) is 17.7 Å². The summed E-state index contributed by atoms with van der Waals surface area (Å²) in [5, 5.41) is 4.85. The fourth-order valence-electron chi connectivity index (χ4n) is 2.30. The van der Waals surface area contributed by atoms with Crippen molar-refractivity contribution in [2.24, 2.45) is 5.10 Å². The Morgan fingerprint density at radius 2 is 1.93 bits per heavy atom. The van der Waals surface area contributed by atoms with E-state index >= 15 is 0 Å². The molecule has 0 bridgehead atoms. The van der Waals surface area contributed by atoms with Crippen molar-refractivity contribution in [3.63, 3.8) is 0 Å². The molecular weight excluding hydrogens is 409 g/mol. The van der Waals surface area contributed by atoms with Gasteiger partial charge in [-0.2, -0.15) is 5.10 Å². The van der Waals surface area contributed by atoms with Crippen LogP contribution in [0, 0.1) is 0 Å². The number of rotatable bonds is 7. The smallest absolute Gasteiger partial charge is 0.263 e. The van der Waals surface area contributed by atoms with Crippen molar-refractivity contribution in [2.45, 2.75) is 13.0 Å². The third kappa shape index (κ3) is 5.69. The minimum atomic E-state index is -1.42. The molecule has 0 saturated heterocycles. The molecule has 144 valence electrons. The molecule has 2 unspecified atom stereocenters. The maximum atomic E-state index is 12.4. The highest BCUT2D eigenvalue weighted by Crippen LogP contribution is 2.22. The number of benzene rings is 2. The fraction of sp³-hybridized carbons (Fsp3) is 0.222. The van der Waals surface area contributed by atoms with Gasteiger partial charge in [-0.15, -0.1) is 0 Å². The first-order chi connectivity index (χ1) is 12.8. The maximum Gasteiger partial charge on any atom is 0.263 e. The Morgan fingerprint density at radius 3 is 2.48 bits per heavy atom. The number of nitrogens with zero attached hydrogens (tertiary/aromatic N) is 2. The van der Waals surface area contributed by atoms with Gasteiger partial charge in [0.05, 0.1) is 24.0 Å². The van der Waals surface area contributed by atoms with E-state index in [0.29, 0.717) is 27.0 Å². The van der Waals surface area contributed by atoms with E-state index in [1.165, 1.54) is 16.8 Å². The van der Waals surface area contributed by atoms with Crippen molar-refractivity contribution in [3.05, 3.63) is 58.1 Å². The Balaban J connectivity index is 2.10. The third-order valence-electron chi connectivity index (χ3n) is 3.68. The van der Waals surface area contributed by atoms with Crippen LogP contribution < -0.4 is 14.5 Å². The lowest BCUT2D eigenvalue weighted by atomic mass is 10.2. The van der Waals surface area contributed by atoms with Gasteiger partial charge in [-0.05, 0) is 43.3 Å². The monoisotopic (exact) mass is 427 g/mol. The van der Waals surface area contributed by atoms with E-state index < -0.39 is 22.9 Å². The van der Waals surface area contributed by atoms with Crippen LogP contribution in [0.5, 0.6) is 5.75 Å². The molecule has 2 rings (SSSR count). The number of hydrogen-bond donors (Lipinski definition) is 1. The number of methoxy groups -OCH3 is 1. The topological polar surface area (TPSA) is 71.0 Å². The summed E-state index contributed by atoms with van der Waals surface area (Å²) in [6, 6.07) is 11.2. The highest BCUT2D eigenvalue weighted by molar-refractivity contribution is 7.85. The summed E-state index contributed by atoms with van der Waals surface area (Å²) in [4.78, 5) is 12.4. The van der Waals surface area contributed by atoms with E-state index in [2.05, 4.69) is 10.5 Å². The fourth-order valence-corrected chi connectivity index (χ4v) is 3.71. The van der Waals surface area contributed by atoms with Gasteiger partial charge in [0.25, 0.3) is 5.91 Å². The number of ether oxygens (including phenoxy) is 1. The Kier molecular flexibility index (Phi) is 7.65. The van der Waals surface area contributed by atoms with Gasteiger partial charge in [0.15, 0.2) is 0 Å². The van der Waals surface area contributed by atoms with Crippen LogP contribution in [0.25, 0.3) is 0 Å². The summed E-state index contributed by atoms with van der Waals surface area (Å²) in [7, 11) is 0.144. The van der Waals surface area contributed by atoms with Crippen LogP contribution in [-0.2, 0) is 15.8 Å². The second-order valence-electron chi connectivity index (χ2n) is 5.52. The molecule has 0 aliphatic rings. The minimum absolute atomic E-state index is 0.414. The Hall–Kier alpha value is -2.09. The highest BCUT2D eigenvalue weighted by atomic mass is 35.5. The zero-order chi connectivity index (χ0) is 20.0. The number of hydrogen-bond acceptors (Lipinski definition) is 4. The molecule has 27 heavy (non-hydrogen) atoms. The van der Waals surface area contributed by atoms with Crippen molar-refractivity contribution in [1.82, 2.24) is 5.43 Å². The van der Waals surface area contributed by atoms with Crippen molar-refractivity contribution in [3.8, 4) is 5.75 Å². The average molecular weight is 428 g/mol. The van der Waals surface area contributed by atoms with Gasteiger partial charge in [-0.1, -0.05) is 29.3 Å². The van der Waals surface area contributed by atoms with Gasteiger partial charge in [-0.25, -0.2) is 9.63 Å². The minimum Gasteiger partial charge on any atom is -0.497 e. The van der Waals surface area contributed by atoms with Crippen LogP contribution in [0.4, 0.5) is 5.69 Å². The number of nitrogens with one attached hydrogen (secondary N) is 1. The molecule has 9 heteroatoms. The second-order valence-corrected chi connectivity index (χ2v) is 7.61. The van der Waals surface area contributed by atoms with Gasteiger partial charge < -0.3 is 4.74 Å². The van der Waals surface area contributed by atoms with E-state index in [1.807, 2.05) is 0 Å². The first kappa shape index (κ1) is 21.2. The molecule has 0 aliphatic heterocycles.